The van der Waals surface area contributed by atoms with Crippen molar-refractivity contribution in [2.24, 2.45) is 0 Å². The average Bonchev–Trinajstić information content (AvgIpc) is 3.22. The molecule has 1 N–H and O–H groups in total. The molecule has 1 atom stereocenters. The Kier molecular flexibility index (Phi) is 8.45. The van der Waals surface area contributed by atoms with Gasteiger partial charge in [0.2, 0.25) is 15.9 Å². The van der Waals surface area contributed by atoms with Crippen molar-refractivity contribution in [2.45, 2.75) is 24.7 Å². The van der Waals surface area contributed by atoms with E-state index >= 15 is 0 Å². The number of anilines is 1. The minimum atomic E-state index is -3.77. The zero-order valence-electron chi connectivity index (χ0n) is 20.7. The van der Waals surface area contributed by atoms with Gasteiger partial charge in [0.25, 0.3) is 10.1 Å². The highest BCUT2D eigenvalue weighted by Crippen LogP contribution is 2.38. The molecule has 0 bridgehead atoms. The fraction of sp³-hybridized carbons (Fsp3) is 0.417. The van der Waals surface area contributed by atoms with E-state index in [-0.39, 0.29) is 19.0 Å². The van der Waals surface area contributed by atoms with Crippen LogP contribution in [0.4, 0.5) is 5.69 Å². The van der Waals surface area contributed by atoms with E-state index < -0.39 is 32.0 Å². The number of carbonyl (C=O) groups is 1. The number of piperidine rings is 1. The Hall–Kier alpha value is -2.55. The molecule has 0 radical (unpaired) electrons. The van der Waals surface area contributed by atoms with Crippen LogP contribution in [-0.2, 0) is 29.7 Å². The second-order valence-electron chi connectivity index (χ2n) is 9.39. The molecular weight excluding hydrogens is 556 g/mol. The summed E-state index contributed by atoms with van der Waals surface area (Å²) in [6, 6.07) is 10.8. The molecule has 1 spiro atoms. The van der Waals surface area contributed by atoms with Crippen LogP contribution in [0, 0.1) is 0 Å². The van der Waals surface area contributed by atoms with Gasteiger partial charge in [0.05, 0.1) is 31.5 Å². The van der Waals surface area contributed by atoms with Crippen LogP contribution in [0.25, 0.3) is 6.08 Å². The van der Waals surface area contributed by atoms with Crippen LogP contribution >= 0.6 is 11.6 Å². The zero-order chi connectivity index (χ0) is 27.6. The van der Waals surface area contributed by atoms with E-state index in [1.807, 2.05) is 12.1 Å². The molecule has 11 nitrogen and oxygen atoms in total. The number of halogens is 1. The maximum Gasteiger partial charge on any atom is 0.261 e. The number of aromatic nitrogens is 1. The zero-order valence-corrected chi connectivity index (χ0v) is 23.1. The molecule has 3 aliphatic heterocycles. The summed E-state index contributed by atoms with van der Waals surface area (Å²) in [4.78, 5) is 20.9. The molecule has 206 valence electrons. The van der Waals surface area contributed by atoms with E-state index in [9.17, 15) is 21.6 Å². The highest BCUT2D eigenvalue weighted by Gasteiger charge is 2.51. The van der Waals surface area contributed by atoms with Crippen molar-refractivity contribution in [3.63, 3.8) is 0 Å². The number of hydrogen-bond acceptors (Lipinski definition) is 8. The third-order valence-electron chi connectivity index (χ3n) is 6.55. The Morgan fingerprint density at radius 2 is 1.68 bits per heavy atom. The Balaban J connectivity index is 0.000000617. The van der Waals surface area contributed by atoms with Gasteiger partial charge in [0.15, 0.2) is 0 Å². The van der Waals surface area contributed by atoms with Crippen molar-refractivity contribution in [3.05, 3.63) is 64.8 Å². The number of sulfonamides is 1. The first-order valence-electron chi connectivity index (χ1n) is 11.8. The molecule has 0 saturated carbocycles. The van der Waals surface area contributed by atoms with E-state index in [0.29, 0.717) is 23.4 Å². The molecule has 2 aromatic rings. The molecule has 14 heteroatoms. The normalized spacial score (nSPS) is 21.9. The van der Waals surface area contributed by atoms with Crippen molar-refractivity contribution >= 4 is 49.4 Å². The van der Waals surface area contributed by atoms with E-state index in [2.05, 4.69) is 9.88 Å². The summed E-state index contributed by atoms with van der Waals surface area (Å²) in [5, 5.41) is 1.72. The number of carbonyl (C=O) groups excluding carboxylic acids is 1. The number of piperazine rings is 1. The van der Waals surface area contributed by atoms with Crippen LogP contribution in [-0.4, -0.2) is 92.3 Å². The molecule has 1 unspecified atom stereocenters. The van der Waals surface area contributed by atoms with Gasteiger partial charge in [-0.25, -0.2) is 8.42 Å². The van der Waals surface area contributed by atoms with Crippen LogP contribution < -0.4 is 4.90 Å². The second kappa shape index (κ2) is 11.3. The molecule has 38 heavy (non-hydrogen) atoms. The molecule has 0 aliphatic carbocycles. The molecule has 3 fully saturated rings. The number of benzene rings is 1. The average molecular weight is 585 g/mol. The lowest BCUT2D eigenvalue weighted by Gasteiger charge is -2.39. The molecule has 4 heterocycles. The summed E-state index contributed by atoms with van der Waals surface area (Å²) >= 11 is 5.88. The number of ether oxygens (including phenoxy) is 1. The summed E-state index contributed by atoms with van der Waals surface area (Å²) < 4.78 is 59.2. The molecule has 3 saturated heterocycles. The van der Waals surface area contributed by atoms with Gasteiger partial charge < -0.3 is 14.5 Å². The Labute approximate surface area is 227 Å². The van der Waals surface area contributed by atoms with Gasteiger partial charge in [-0.3, -0.25) is 14.3 Å². The standard InChI is InChI=1S/C23H25ClN4O4S.CH4O3S/c24-19-3-1-18(2-4-19)7-14-33(30,31)27-15-21(29)28-17-23(32-22(28)16-27)8-12-26(13-9-23)20-5-10-25-11-6-20;1-5(2,3)4/h1-7,10-11,14,22H,8-9,12-13,15-17H2;1H3,(H,2,3,4)/b14-7+;. The minimum absolute atomic E-state index is 0.134. The number of amides is 1. The van der Waals surface area contributed by atoms with Crippen molar-refractivity contribution in [2.75, 3.05) is 43.9 Å². The quantitative estimate of drug-likeness (QED) is 0.535. The van der Waals surface area contributed by atoms with Crippen LogP contribution in [0.3, 0.4) is 0 Å². The highest BCUT2D eigenvalue weighted by molar-refractivity contribution is 7.92. The predicted octanol–water partition coefficient (Wildman–Crippen LogP) is 2.08. The van der Waals surface area contributed by atoms with Gasteiger partial charge in [-0.15, -0.1) is 0 Å². The first-order valence-corrected chi connectivity index (χ1v) is 15.6. The lowest BCUT2D eigenvalue weighted by Crippen LogP contribution is -2.55. The van der Waals surface area contributed by atoms with E-state index in [1.54, 1.807) is 41.6 Å². The summed E-state index contributed by atoms with van der Waals surface area (Å²) in [5.41, 5.74) is 1.41. The van der Waals surface area contributed by atoms with Gasteiger partial charge in [-0.05, 0) is 48.7 Å². The molecule has 1 aromatic heterocycles. The first-order chi connectivity index (χ1) is 17.8. The minimum Gasteiger partial charge on any atom is -0.371 e. The fourth-order valence-corrected chi connectivity index (χ4v) is 5.94. The number of hydrogen-bond donors (Lipinski definition) is 1. The summed E-state index contributed by atoms with van der Waals surface area (Å²) in [6.45, 7) is 2.09. The third-order valence-corrected chi connectivity index (χ3v) is 8.28. The van der Waals surface area contributed by atoms with E-state index in [0.717, 1.165) is 37.0 Å². The van der Waals surface area contributed by atoms with Crippen LogP contribution in [0.5, 0.6) is 0 Å². The van der Waals surface area contributed by atoms with Crippen LogP contribution in [0.1, 0.15) is 18.4 Å². The van der Waals surface area contributed by atoms with E-state index in [1.165, 1.54) is 10.4 Å². The Bertz CT molecular complexity index is 1370. The van der Waals surface area contributed by atoms with E-state index in [4.69, 9.17) is 20.9 Å². The van der Waals surface area contributed by atoms with Gasteiger partial charge >= 0.3 is 0 Å². The van der Waals surface area contributed by atoms with Crippen molar-refractivity contribution in [3.8, 4) is 0 Å². The number of pyridine rings is 1. The van der Waals surface area contributed by atoms with Gasteiger partial charge in [-0.2, -0.15) is 12.7 Å². The smallest absolute Gasteiger partial charge is 0.261 e. The summed E-state index contributed by atoms with van der Waals surface area (Å²) in [6.07, 6.45) is 6.78. The molecule has 1 amide bonds. The van der Waals surface area contributed by atoms with Crippen LogP contribution in [0.15, 0.2) is 54.2 Å². The monoisotopic (exact) mass is 584 g/mol. The fourth-order valence-electron chi connectivity index (χ4n) is 4.69. The Morgan fingerprint density at radius 3 is 2.29 bits per heavy atom. The largest absolute Gasteiger partial charge is 0.371 e. The van der Waals surface area contributed by atoms with Crippen molar-refractivity contribution in [1.82, 2.24) is 14.2 Å². The summed E-state index contributed by atoms with van der Waals surface area (Å²) in [7, 11) is -7.44. The number of fused-ring (bicyclic) bond motifs is 1. The topological polar surface area (TPSA) is 137 Å². The lowest BCUT2D eigenvalue weighted by molar-refractivity contribution is -0.144. The van der Waals surface area contributed by atoms with Crippen molar-refractivity contribution in [1.29, 1.82) is 0 Å². The van der Waals surface area contributed by atoms with Crippen molar-refractivity contribution < 1.29 is 30.9 Å². The molecule has 1 aromatic carbocycles. The maximum atomic E-state index is 12.9. The molecule has 5 rings (SSSR count). The first kappa shape index (κ1) is 28.5. The maximum absolute atomic E-state index is 12.9. The highest BCUT2D eigenvalue weighted by atomic mass is 35.5. The van der Waals surface area contributed by atoms with Gasteiger partial charge in [0, 0.05) is 41.6 Å². The van der Waals surface area contributed by atoms with Crippen LogP contribution in [0.2, 0.25) is 5.02 Å². The lowest BCUT2D eigenvalue weighted by atomic mass is 9.91. The second-order valence-corrected chi connectivity index (χ2v) is 13.1. The van der Waals surface area contributed by atoms with Gasteiger partial charge in [-0.1, -0.05) is 23.7 Å². The number of rotatable bonds is 4. The Morgan fingerprint density at radius 1 is 1.08 bits per heavy atom. The third kappa shape index (κ3) is 7.30. The van der Waals surface area contributed by atoms with Gasteiger partial charge in [0.1, 0.15) is 6.23 Å². The predicted molar refractivity (Wildman–Crippen MR) is 143 cm³/mol. The molecule has 3 aliphatic rings. The SMILES string of the molecule is CS(=O)(=O)O.O=C1CN(S(=O)(=O)/C=C/c2ccc(Cl)cc2)CC2OC3(CCN(c4ccncc4)CC3)CN12. The molecular formula is C24H29ClN4O7S2. The number of nitrogens with zero attached hydrogens (tertiary/aromatic N) is 4. The summed E-state index contributed by atoms with van der Waals surface area (Å²) in [5.74, 6) is -0.219.